The minimum absolute atomic E-state index is 0.0198. The minimum Gasteiger partial charge on any atom is -0.481 e. The number of amides is 1. The van der Waals surface area contributed by atoms with Gasteiger partial charge in [0, 0.05) is 24.1 Å². The molecule has 1 amide bonds. The van der Waals surface area contributed by atoms with Crippen LogP contribution in [0.15, 0.2) is 42.5 Å². The third-order valence-corrected chi connectivity index (χ3v) is 4.31. The zero-order valence-electron chi connectivity index (χ0n) is 13.3. The Bertz CT molecular complexity index is 822. The Morgan fingerprint density at radius 3 is 2.68 bits per heavy atom. The molecule has 25 heavy (non-hydrogen) atoms. The van der Waals surface area contributed by atoms with Gasteiger partial charge in [-0.05, 0) is 48.1 Å². The summed E-state index contributed by atoms with van der Waals surface area (Å²) >= 11 is 0. The number of carboxylic acid groups (broad SMARTS) is 1. The van der Waals surface area contributed by atoms with Crippen molar-refractivity contribution in [3.8, 4) is 0 Å². The molecule has 2 atom stereocenters. The van der Waals surface area contributed by atoms with Gasteiger partial charge in [-0.1, -0.05) is 18.2 Å². The molecular weight excluding hydrogens is 328 g/mol. The van der Waals surface area contributed by atoms with E-state index < -0.39 is 17.6 Å². The highest BCUT2D eigenvalue weighted by atomic mass is 19.1. The van der Waals surface area contributed by atoms with E-state index in [1.54, 1.807) is 24.3 Å². The van der Waals surface area contributed by atoms with Crippen LogP contribution in [0.25, 0.3) is 0 Å². The number of anilines is 1. The van der Waals surface area contributed by atoms with E-state index in [1.165, 1.54) is 12.1 Å². The Labute approximate surface area is 143 Å². The first kappa shape index (κ1) is 17.1. The number of aliphatic carboxylic acids is 1. The topological polar surface area (TPSA) is 66.4 Å². The molecule has 6 heteroatoms. The summed E-state index contributed by atoms with van der Waals surface area (Å²) in [7, 11) is 0. The van der Waals surface area contributed by atoms with E-state index in [1.807, 2.05) is 0 Å². The van der Waals surface area contributed by atoms with Crippen molar-refractivity contribution >= 4 is 17.6 Å². The maximum Gasteiger partial charge on any atom is 0.303 e. The lowest BCUT2D eigenvalue weighted by Crippen LogP contribution is -2.15. The highest BCUT2D eigenvalue weighted by molar-refractivity contribution is 5.95. The molecule has 2 unspecified atom stereocenters. The predicted octanol–water partition coefficient (Wildman–Crippen LogP) is 3.72. The summed E-state index contributed by atoms with van der Waals surface area (Å²) in [5, 5.41) is 11.5. The van der Waals surface area contributed by atoms with Gasteiger partial charge in [0.25, 0.3) is 0 Å². The van der Waals surface area contributed by atoms with E-state index in [0.29, 0.717) is 24.1 Å². The molecule has 0 saturated heterocycles. The van der Waals surface area contributed by atoms with Crippen molar-refractivity contribution in [2.45, 2.75) is 25.2 Å². The molecule has 1 aliphatic carbocycles. The van der Waals surface area contributed by atoms with Crippen LogP contribution in [-0.2, 0) is 16.0 Å². The summed E-state index contributed by atoms with van der Waals surface area (Å²) in [5.74, 6) is -2.95. The van der Waals surface area contributed by atoms with Crippen molar-refractivity contribution in [3.05, 3.63) is 65.2 Å². The number of benzene rings is 2. The zero-order chi connectivity index (χ0) is 18.0. The lowest BCUT2D eigenvalue weighted by molar-refractivity contribution is -0.137. The first-order valence-electron chi connectivity index (χ1n) is 8.00. The molecule has 0 radical (unpaired) electrons. The van der Waals surface area contributed by atoms with Gasteiger partial charge >= 0.3 is 5.97 Å². The number of hydrogen-bond donors (Lipinski definition) is 2. The maximum absolute atomic E-state index is 13.8. The molecule has 0 aromatic heterocycles. The molecule has 3 rings (SSSR count). The van der Waals surface area contributed by atoms with Crippen LogP contribution in [0.5, 0.6) is 0 Å². The third kappa shape index (κ3) is 4.21. The van der Waals surface area contributed by atoms with Crippen molar-refractivity contribution < 1.29 is 23.5 Å². The second-order valence-electron chi connectivity index (χ2n) is 6.20. The lowest BCUT2D eigenvalue weighted by Gasteiger charge is -2.07. The number of carbonyl (C=O) groups is 2. The van der Waals surface area contributed by atoms with E-state index in [2.05, 4.69) is 5.32 Å². The van der Waals surface area contributed by atoms with Crippen LogP contribution in [-0.4, -0.2) is 17.0 Å². The molecule has 0 spiro atoms. The Morgan fingerprint density at radius 2 is 1.96 bits per heavy atom. The fourth-order valence-corrected chi connectivity index (χ4v) is 2.92. The minimum atomic E-state index is -0.878. The molecule has 1 saturated carbocycles. The lowest BCUT2D eigenvalue weighted by atomic mass is 10.1. The highest BCUT2D eigenvalue weighted by Crippen LogP contribution is 2.48. The summed E-state index contributed by atoms with van der Waals surface area (Å²) < 4.78 is 26.8. The van der Waals surface area contributed by atoms with E-state index in [9.17, 15) is 18.4 Å². The molecule has 0 heterocycles. The number of rotatable bonds is 6. The van der Waals surface area contributed by atoms with Crippen molar-refractivity contribution in [3.63, 3.8) is 0 Å². The van der Waals surface area contributed by atoms with Crippen LogP contribution in [0.4, 0.5) is 14.5 Å². The SMILES string of the molecule is O=C(O)CCc1cccc(NC(=O)C2CC2c2ccc(F)cc2F)c1. The fourth-order valence-electron chi connectivity index (χ4n) is 2.92. The van der Waals surface area contributed by atoms with Crippen LogP contribution < -0.4 is 5.32 Å². The summed E-state index contributed by atoms with van der Waals surface area (Å²) in [5.41, 5.74) is 1.76. The normalized spacial score (nSPS) is 18.6. The number of halogens is 2. The molecule has 4 nitrogen and oxygen atoms in total. The largest absolute Gasteiger partial charge is 0.481 e. The highest BCUT2D eigenvalue weighted by Gasteiger charge is 2.45. The Hall–Kier alpha value is -2.76. The molecule has 2 aromatic rings. The quantitative estimate of drug-likeness (QED) is 0.838. The first-order chi connectivity index (χ1) is 11.9. The van der Waals surface area contributed by atoms with Crippen LogP contribution >= 0.6 is 0 Å². The van der Waals surface area contributed by atoms with Gasteiger partial charge in [-0.2, -0.15) is 0 Å². The van der Waals surface area contributed by atoms with E-state index in [0.717, 1.165) is 11.6 Å². The average molecular weight is 345 g/mol. The van der Waals surface area contributed by atoms with Gasteiger partial charge in [-0.3, -0.25) is 9.59 Å². The molecule has 2 aromatic carbocycles. The fraction of sp³-hybridized carbons (Fsp3) is 0.263. The molecule has 130 valence electrons. The Morgan fingerprint density at radius 1 is 1.16 bits per heavy atom. The van der Waals surface area contributed by atoms with Crippen molar-refractivity contribution in [1.29, 1.82) is 0 Å². The van der Waals surface area contributed by atoms with E-state index in [-0.39, 0.29) is 24.2 Å². The Kier molecular flexibility index (Phi) is 4.79. The van der Waals surface area contributed by atoms with Crippen LogP contribution in [0.2, 0.25) is 0 Å². The number of aryl methyl sites for hydroxylation is 1. The van der Waals surface area contributed by atoms with Crippen molar-refractivity contribution in [2.24, 2.45) is 5.92 Å². The Balaban J connectivity index is 1.62. The van der Waals surface area contributed by atoms with E-state index >= 15 is 0 Å². The van der Waals surface area contributed by atoms with Crippen LogP contribution in [0.1, 0.15) is 29.9 Å². The van der Waals surface area contributed by atoms with Gasteiger partial charge in [0.2, 0.25) is 5.91 Å². The van der Waals surface area contributed by atoms with Gasteiger partial charge in [0.05, 0.1) is 0 Å². The summed E-state index contributed by atoms with van der Waals surface area (Å²) in [4.78, 5) is 22.9. The van der Waals surface area contributed by atoms with E-state index in [4.69, 9.17) is 5.11 Å². The molecule has 1 aliphatic rings. The van der Waals surface area contributed by atoms with Gasteiger partial charge in [-0.15, -0.1) is 0 Å². The van der Waals surface area contributed by atoms with Gasteiger partial charge in [-0.25, -0.2) is 8.78 Å². The number of nitrogens with one attached hydrogen (secondary N) is 1. The monoisotopic (exact) mass is 345 g/mol. The molecule has 0 aliphatic heterocycles. The number of hydrogen-bond acceptors (Lipinski definition) is 2. The standard InChI is InChI=1S/C19H17F2NO3/c20-12-5-6-14(17(21)9-12)15-10-16(15)19(25)22-13-3-1-2-11(8-13)4-7-18(23)24/h1-3,5-6,8-9,15-16H,4,7,10H2,(H,22,25)(H,23,24). The van der Waals surface area contributed by atoms with Gasteiger partial charge in [0.1, 0.15) is 11.6 Å². The van der Waals surface area contributed by atoms with Crippen molar-refractivity contribution in [2.75, 3.05) is 5.32 Å². The van der Waals surface area contributed by atoms with Gasteiger partial charge < -0.3 is 10.4 Å². The smallest absolute Gasteiger partial charge is 0.303 e. The van der Waals surface area contributed by atoms with Crippen LogP contribution in [0.3, 0.4) is 0 Å². The average Bonchev–Trinajstić information content (AvgIpc) is 3.34. The zero-order valence-corrected chi connectivity index (χ0v) is 13.3. The number of carbonyl (C=O) groups excluding carboxylic acids is 1. The summed E-state index contributed by atoms with van der Waals surface area (Å²) in [6.07, 6.45) is 0.922. The summed E-state index contributed by atoms with van der Waals surface area (Å²) in [6.45, 7) is 0. The third-order valence-electron chi connectivity index (χ3n) is 4.31. The van der Waals surface area contributed by atoms with Gasteiger partial charge in [0.15, 0.2) is 0 Å². The summed E-state index contributed by atoms with van der Waals surface area (Å²) in [6, 6.07) is 10.4. The maximum atomic E-state index is 13.8. The van der Waals surface area contributed by atoms with Crippen LogP contribution in [0, 0.1) is 17.6 Å². The molecule has 2 N–H and O–H groups in total. The molecular formula is C19H17F2NO3. The first-order valence-corrected chi connectivity index (χ1v) is 8.00. The number of carboxylic acids is 1. The van der Waals surface area contributed by atoms with Crippen molar-refractivity contribution in [1.82, 2.24) is 0 Å². The second kappa shape index (κ2) is 7.01. The molecule has 1 fully saturated rings. The second-order valence-corrected chi connectivity index (χ2v) is 6.20. The molecule has 0 bridgehead atoms. The predicted molar refractivity (Wildman–Crippen MR) is 88.2 cm³/mol.